The topological polar surface area (TPSA) is 138 Å². The first kappa shape index (κ1) is 16.0. The van der Waals surface area contributed by atoms with Gasteiger partial charge in [-0.1, -0.05) is 12.1 Å². The van der Waals surface area contributed by atoms with Crippen molar-refractivity contribution in [2.75, 3.05) is 5.32 Å². The molecule has 26 heavy (non-hydrogen) atoms. The van der Waals surface area contributed by atoms with Crippen molar-refractivity contribution in [3.63, 3.8) is 0 Å². The summed E-state index contributed by atoms with van der Waals surface area (Å²) in [6.45, 7) is 0. The summed E-state index contributed by atoms with van der Waals surface area (Å²) in [5.41, 5.74) is 0.298. The molecule has 1 aromatic heterocycles. The second kappa shape index (κ2) is 5.80. The molecular formula is C17H14N4O5. The number of nitrogens with zero attached hydrogens (tertiary/aromatic N) is 1. The number of aromatic nitrogens is 2. The van der Waals surface area contributed by atoms with Gasteiger partial charge in [0.25, 0.3) is 11.2 Å². The number of benzene rings is 1. The monoisotopic (exact) mass is 354 g/mol. The summed E-state index contributed by atoms with van der Waals surface area (Å²) in [6, 6.07) is 5.86. The highest BCUT2D eigenvalue weighted by atomic mass is 16.6. The van der Waals surface area contributed by atoms with Gasteiger partial charge in [0.1, 0.15) is 5.82 Å². The van der Waals surface area contributed by atoms with Crippen molar-refractivity contribution in [1.82, 2.24) is 9.97 Å². The number of H-pyrrole nitrogens is 2. The average molecular weight is 354 g/mol. The summed E-state index contributed by atoms with van der Waals surface area (Å²) in [7, 11) is 0. The number of non-ortho nitro benzene ring substituents is 1. The summed E-state index contributed by atoms with van der Waals surface area (Å²) in [4.78, 5) is 52.1. The number of allylic oxidation sites excluding steroid dienone is 2. The van der Waals surface area contributed by atoms with Crippen LogP contribution in [0, 0.1) is 10.1 Å². The SMILES string of the molecule is O=C1CCCC2=C1C(c1cccc([N+](=O)[O-])c1)c1c([nH]c(=O)[nH]c1=O)N2. The molecule has 1 unspecified atom stereocenters. The van der Waals surface area contributed by atoms with Crippen molar-refractivity contribution in [2.24, 2.45) is 0 Å². The number of fused-ring (bicyclic) bond motifs is 1. The van der Waals surface area contributed by atoms with Gasteiger partial charge in [0.2, 0.25) is 0 Å². The molecule has 1 aromatic carbocycles. The zero-order valence-electron chi connectivity index (χ0n) is 13.5. The van der Waals surface area contributed by atoms with Gasteiger partial charge in [-0.25, -0.2) is 4.79 Å². The lowest BCUT2D eigenvalue weighted by molar-refractivity contribution is -0.384. The molecule has 2 heterocycles. The summed E-state index contributed by atoms with van der Waals surface area (Å²) >= 11 is 0. The molecule has 1 atom stereocenters. The van der Waals surface area contributed by atoms with Gasteiger partial charge in [-0.15, -0.1) is 0 Å². The van der Waals surface area contributed by atoms with Crippen LogP contribution < -0.4 is 16.6 Å². The molecule has 0 radical (unpaired) electrons. The number of ketones is 1. The van der Waals surface area contributed by atoms with Gasteiger partial charge in [0.05, 0.1) is 10.5 Å². The fraction of sp³-hybridized carbons (Fsp3) is 0.235. The zero-order valence-corrected chi connectivity index (χ0v) is 13.5. The van der Waals surface area contributed by atoms with E-state index in [1.807, 2.05) is 0 Å². The van der Waals surface area contributed by atoms with Crippen LogP contribution in [0.25, 0.3) is 0 Å². The number of carbonyl (C=O) groups excluding carboxylic acids is 1. The van der Waals surface area contributed by atoms with E-state index in [2.05, 4.69) is 15.3 Å². The van der Waals surface area contributed by atoms with Gasteiger partial charge in [0.15, 0.2) is 5.78 Å². The van der Waals surface area contributed by atoms with Gasteiger partial charge >= 0.3 is 5.69 Å². The Hall–Kier alpha value is -3.49. The number of hydrogen-bond acceptors (Lipinski definition) is 6. The molecular weight excluding hydrogens is 340 g/mol. The van der Waals surface area contributed by atoms with Crippen LogP contribution in [0.2, 0.25) is 0 Å². The van der Waals surface area contributed by atoms with E-state index in [0.29, 0.717) is 36.1 Å². The molecule has 0 bridgehead atoms. The second-order valence-electron chi connectivity index (χ2n) is 6.28. The molecule has 0 amide bonds. The highest BCUT2D eigenvalue weighted by molar-refractivity contribution is 6.00. The summed E-state index contributed by atoms with van der Waals surface area (Å²) < 4.78 is 0. The number of nitro groups is 1. The number of anilines is 1. The number of Topliss-reactive ketones (excluding diaryl/α,β-unsaturated/α-hetero) is 1. The molecule has 0 spiro atoms. The van der Waals surface area contributed by atoms with E-state index in [1.165, 1.54) is 18.2 Å². The lowest BCUT2D eigenvalue weighted by Crippen LogP contribution is -2.36. The van der Waals surface area contributed by atoms with E-state index < -0.39 is 22.1 Å². The highest BCUT2D eigenvalue weighted by Crippen LogP contribution is 2.43. The number of hydrogen-bond donors (Lipinski definition) is 3. The van der Waals surface area contributed by atoms with Gasteiger partial charge < -0.3 is 5.32 Å². The third kappa shape index (κ3) is 2.44. The lowest BCUT2D eigenvalue weighted by Gasteiger charge is -2.32. The van der Waals surface area contributed by atoms with E-state index in [1.54, 1.807) is 6.07 Å². The Morgan fingerprint density at radius 2 is 1.92 bits per heavy atom. The predicted octanol–water partition coefficient (Wildman–Crippen LogP) is 1.54. The van der Waals surface area contributed by atoms with Crippen LogP contribution in [0.5, 0.6) is 0 Å². The van der Waals surface area contributed by atoms with Crippen LogP contribution in [0.3, 0.4) is 0 Å². The van der Waals surface area contributed by atoms with Crippen molar-refractivity contribution in [3.8, 4) is 0 Å². The van der Waals surface area contributed by atoms with Crippen molar-refractivity contribution >= 4 is 17.3 Å². The molecule has 0 saturated heterocycles. The van der Waals surface area contributed by atoms with Gasteiger partial charge in [-0.05, 0) is 18.4 Å². The normalized spacial score (nSPS) is 18.8. The Bertz CT molecular complexity index is 1090. The Morgan fingerprint density at radius 3 is 2.69 bits per heavy atom. The van der Waals surface area contributed by atoms with Crippen molar-refractivity contribution in [3.05, 3.63) is 77.6 Å². The Labute approximate surface area is 145 Å². The smallest absolute Gasteiger partial charge is 0.327 e. The maximum Gasteiger partial charge on any atom is 0.327 e. The largest absolute Gasteiger partial charge is 0.344 e. The quantitative estimate of drug-likeness (QED) is 0.552. The predicted molar refractivity (Wildman–Crippen MR) is 92.1 cm³/mol. The minimum absolute atomic E-state index is 0.105. The first-order valence-corrected chi connectivity index (χ1v) is 8.10. The Balaban J connectivity index is 2.01. The lowest BCUT2D eigenvalue weighted by atomic mass is 9.76. The first-order valence-electron chi connectivity index (χ1n) is 8.10. The maximum absolute atomic E-state index is 12.6. The van der Waals surface area contributed by atoms with E-state index in [9.17, 15) is 24.5 Å². The number of nitrogens with one attached hydrogen (secondary N) is 3. The molecule has 2 aromatic rings. The zero-order chi connectivity index (χ0) is 18.4. The van der Waals surface area contributed by atoms with Crippen LogP contribution >= 0.6 is 0 Å². The molecule has 0 saturated carbocycles. The van der Waals surface area contributed by atoms with Crippen LogP contribution in [-0.2, 0) is 4.79 Å². The molecule has 3 N–H and O–H groups in total. The Morgan fingerprint density at radius 1 is 1.12 bits per heavy atom. The fourth-order valence-electron chi connectivity index (χ4n) is 3.64. The molecule has 1 aliphatic carbocycles. The summed E-state index contributed by atoms with van der Waals surface area (Å²) in [5.74, 6) is -0.648. The standard InChI is InChI=1S/C17H14N4O5/c22-11-6-2-5-10-13(11)12(8-3-1-4-9(7-8)21(25)26)14-15(18-10)19-17(24)20-16(14)23/h1,3-4,7,12H,2,5-6H2,(H3,18,19,20,23,24). The number of carbonyl (C=O) groups is 1. The van der Waals surface area contributed by atoms with E-state index in [0.717, 1.165) is 0 Å². The fourth-order valence-corrected chi connectivity index (χ4v) is 3.64. The Kier molecular flexibility index (Phi) is 3.57. The number of nitro benzene ring substituents is 1. The van der Waals surface area contributed by atoms with Gasteiger partial charge in [0, 0.05) is 35.7 Å². The number of rotatable bonds is 2. The molecule has 1 aliphatic heterocycles. The van der Waals surface area contributed by atoms with Crippen LogP contribution in [-0.4, -0.2) is 20.7 Å². The molecule has 9 nitrogen and oxygen atoms in total. The third-order valence-corrected chi connectivity index (χ3v) is 4.70. The molecule has 2 aliphatic rings. The minimum Gasteiger partial charge on any atom is -0.344 e. The summed E-state index contributed by atoms with van der Waals surface area (Å²) in [6.07, 6.45) is 1.61. The van der Waals surface area contributed by atoms with Crippen molar-refractivity contribution in [2.45, 2.75) is 25.2 Å². The minimum atomic E-state index is -0.769. The molecule has 0 fully saturated rings. The molecule has 132 valence electrons. The average Bonchev–Trinajstić information content (AvgIpc) is 2.60. The highest BCUT2D eigenvalue weighted by Gasteiger charge is 2.37. The second-order valence-corrected chi connectivity index (χ2v) is 6.28. The van der Waals surface area contributed by atoms with Gasteiger partial charge in [-0.3, -0.25) is 29.7 Å². The van der Waals surface area contributed by atoms with Gasteiger partial charge in [-0.2, -0.15) is 0 Å². The van der Waals surface area contributed by atoms with Crippen molar-refractivity contribution < 1.29 is 9.72 Å². The first-order chi connectivity index (χ1) is 12.5. The maximum atomic E-state index is 12.6. The van der Waals surface area contributed by atoms with E-state index in [4.69, 9.17) is 0 Å². The summed E-state index contributed by atoms with van der Waals surface area (Å²) in [5, 5.41) is 14.1. The third-order valence-electron chi connectivity index (χ3n) is 4.70. The van der Waals surface area contributed by atoms with Crippen molar-refractivity contribution in [1.29, 1.82) is 0 Å². The van der Waals surface area contributed by atoms with Crippen LogP contribution in [0.4, 0.5) is 11.5 Å². The van der Waals surface area contributed by atoms with Crippen LogP contribution in [0.1, 0.15) is 36.3 Å². The van der Waals surface area contributed by atoms with E-state index in [-0.39, 0.29) is 22.9 Å². The molecule has 9 heteroatoms. The molecule has 4 rings (SSSR count). The van der Waals surface area contributed by atoms with Crippen LogP contribution in [0.15, 0.2) is 45.1 Å². The van der Waals surface area contributed by atoms with E-state index >= 15 is 0 Å². The number of aromatic amines is 2.